The van der Waals surface area contributed by atoms with Gasteiger partial charge in [-0.3, -0.25) is 0 Å². The van der Waals surface area contributed by atoms with E-state index < -0.39 is 9.84 Å². The molecule has 0 saturated heterocycles. The van der Waals surface area contributed by atoms with Crippen molar-refractivity contribution in [2.24, 2.45) is 0 Å². The van der Waals surface area contributed by atoms with Gasteiger partial charge in [-0.2, -0.15) is 0 Å². The second-order valence-corrected chi connectivity index (χ2v) is 7.10. The van der Waals surface area contributed by atoms with E-state index in [0.717, 1.165) is 24.9 Å². The summed E-state index contributed by atoms with van der Waals surface area (Å²) in [5.74, 6) is 0.532. The van der Waals surface area contributed by atoms with Crippen LogP contribution in [0.5, 0.6) is 5.88 Å². The maximum Gasteiger partial charge on any atom is 0.237 e. The molecule has 1 N–H and O–H groups in total. The minimum Gasteiger partial charge on any atom is -0.476 e. The number of pyridine rings is 1. The van der Waals surface area contributed by atoms with Crippen molar-refractivity contribution < 1.29 is 13.2 Å². The largest absolute Gasteiger partial charge is 0.476 e. The Kier molecular flexibility index (Phi) is 4.29. The molecule has 19 heavy (non-hydrogen) atoms. The molecule has 1 aliphatic rings. The number of nitrogens with zero attached hydrogens (tertiary/aromatic N) is 1. The molecule has 1 aliphatic carbocycles. The first-order valence-corrected chi connectivity index (χ1v) is 8.51. The van der Waals surface area contributed by atoms with Gasteiger partial charge < -0.3 is 10.1 Å². The molecule has 0 radical (unpaired) electrons. The van der Waals surface area contributed by atoms with Crippen LogP contribution in [0.1, 0.15) is 26.2 Å². The molecular formula is C13H20N2O3S. The van der Waals surface area contributed by atoms with E-state index in [4.69, 9.17) is 4.74 Å². The number of ether oxygens (including phenoxy) is 1. The van der Waals surface area contributed by atoms with Crippen molar-refractivity contribution in [1.82, 2.24) is 4.98 Å². The van der Waals surface area contributed by atoms with Gasteiger partial charge in [0.1, 0.15) is 0 Å². The zero-order valence-corrected chi connectivity index (χ0v) is 12.1. The van der Waals surface area contributed by atoms with Crippen LogP contribution in [0.3, 0.4) is 0 Å². The van der Waals surface area contributed by atoms with Gasteiger partial charge in [0, 0.05) is 18.5 Å². The number of hydrogen-bond acceptors (Lipinski definition) is 5. The van der Waals surface area contributed by atoms with E-state index in [0.29, 0.717) is 12.5 Å². The number of hydrogen-bond donors (Lipinski definition) is 1. The Bertz CT molecular complexity index is 530. The van der Waals surface area contributed by atoms with Crippen molar-refractivity contribution in [2.45, 2.75) is 37.5 Å². The Hall–Kier alpha value is -1.30. The van der Waals surface area contributed by atoms with Crippen LogP contribution in [-0.2, 0) is 9.84 Å². The summed E-state index contributed by atoms with van der Waals surface area (Å²) in [4.78, 5) is 4.16. The van der Waals surface area contributed by atoms with Crippen LogP contribution < -0.4 is 10.1 Å². The third-order valence-electron chi connectivity index (χ3n) is 3.40. The molecular weight excluding hydrogens is 264 g/mol. The van der Waals surface area contributed by atoms with Crippen LogP contribution in [-0.4, -0.2) is 37.6 Å². The average molecular weight is 284 g/mol. The molecule has 1 heterocycles. The molecule has 0 aromatic carbocycles. The van der Waals surface area contributed by atoms with Crippen molar-refractivity contribution in [2.75, 3.05) is 18.2 Å². The molecule has 2 atom stereocenters. The Balaban J connectivity index is 2.17. The van der Waals surface area contributed by atoms with Gasteiger partial charge in [-0.05, 0) is 38.3 Å². The summed E-state index contributed by atoms with van der Waals surface area (Å²) in [5, 5.41) is 2.97. The van der Waals surface area contributed by atoms with E-state index in [1.165, 1.54) is 6.26 Å². The smallest absolute Gasteiger partial charge is 0.237 e. The van der Waals surface area contributed by atoms with Gasteiger partial charge in [0.15, 0.2) is 9.84 Å². The first-order chi connectivity index (χ1) is 9.02. The first kappa shape index (κ1) is 14.1. The highest BCUT2D eigenvalue weighted by molar-refractivity contribution is 7.91. The van der Waals surface area contributed by atoms with E-state index >= 15 is 0 Å². The van der Waals surface area contributed by atoms with Gasteiger partial charge in [-0.1, -0.05) is 0 Å². The van der Waals surface area contributed by atoms with Crippen LogP contribution in [0, 0.1) is 0 Å². The van der Waals surface area contributed by atoms with Crippen LogP contribution >= 0.6 is 0 Å². The van der Waals surface area contributed by atoms with E-state index in [1.807, 2.05) is 19.1 Å². The van der Waals surface area contributed by atoms with Gasteiger partial charge in [0.25, 0.3) is 0 Å². The van der Waals surface area contributed by atoms with Crippen LogP contribution in [0.15, 0.2) is 18.3 Å². The lowest BCUT2D eigenvalue weighted by Gasteiger charge is -2.21. The molecule has 1 aromatic rings. The van der Waals surface area contributed by atoms with Crippen LogP contribution in [0.4, 0.5) is 5.69 Å². The normalized spacial score (nSPS) is 23.3. The van der Waals surface area contributed by atoms with Gasteiger partial charge in [0.05, 0.1) is 17.5 Å². The summed E-state index contributed by atoms with van der Waals surface area (Å²) in [6, 6.07) is 3.63. The second-order valence-electron chi connectivity index (χ2n) is 4.84. The lowest BCUT2D eigenvalue weighted by Crippen LogP contribution is -2.34. The number of rotatable bonds is 5. The van der Waals surface area contributed by atoms with Gasteiger partial charge >= 0.3 is 0 Å². The maximum atomic E-state index is 11.8. The molecule has 0 aliphatic heterocycles. The zero-order valence-electron chi connectivity index (χ0n) is 11.3. The molecule has 5 nitrogen and oxygen atoms in total. The third kappa shape index (κ3) is 3.37. The Morgan fingerprint density at radius 1 is 1.47 bits per heavy atom. The highest BCUT2D eigenvalue weighted by atomic mass is 32.2. The molecule has 1 aromatic heterocycles. The van der Waals surface area contributed by atoms with Crippen molar-refractivity contribution >= 4 is 15.5 Å². The minimum absolute atomic E-state index is 0.0570. The number of nitrogens with one attached hydrogen (secondary N) is 1. The van der Waals surface area contributed by atoms with Crippen molar-refractivity contribution in [1.29, 1.82) is 0 Å². The molecule has 0 spiro atoms. The Morgan fingerprint density at radius 2 is 2.26 bits per heavy atom. The average Bonchev–Trinajstić information content (AvgIpc) is 2.80. The molecule has 6 heteroatoms. The fraction of sp³-hybridized carbons (Fsp3) is 0.615. The number of aromatic nitrogens is 1. The molecule has 0 amide bonds. The SMILES string of the molecule is CCOc1ncccc1NC1CCCC1S(C)(=O)=O. The van der Waals surface area contributed by atoms with E-state index in [9.17, 15) is 8.42 Å². The quantitative estimate of drug-likeness (QED) is 0.894. The van der Waals surface area contributed by atoms with Crippen LogP contribution in [0.2, 0.25) is 0 Å². The molecule has 2 rings (SSSR count). The second kappa shape index (κ2) is 5.77. The highest BCUT2D eigenvalue weighted by Crippen LogP contribution is 2.30. The third-order valence-corrected chi connectivity index (χ3v) is 5.06. The summed E-state index contributed by atoms with van der Waals surface area (Å²) in [6.45, 7) is 2.43. The van der Waals surface area contributed by atoms with Gasteiger partial charge in [0.2, 0.25) is 5.88 Å². The van der Waals surface area contributed by atoms with Crippen molar-refractivity contribution in [3.8, 4) is 5.88 Å². The van der Waals surface area contributed by atoms with Crippen molar-refractivity contribution in [3.63, 3.8) is 0 Å². The summed E-state index contributed by atoms with van der Waals surface area (Å²) in [7, 11) is -3.02. The Labute approximate surface area is 114 Å². The monoisotopic (exact) mass is 284 g/mol. The van der Waals surface area contributed by atoms with E-state index in [2.05, 4.69) is 10.3 Å². The molecule has 2 unspecified atom stereocenters. The predicted octanol–water partition coefficient (Wildman–Crippen LogP) is 1.86. The van der Waals surface area contributed by atoms with Gasteiger partial charge in [-0.15, -0.1) is 0 Å². The standard InChI is InChI=1S/C13H20N2O3S/c1-3-18-13-11(7-5-9-14-13)15-10-6-4-8-12(10)19(2,16)17/h5,7,9-10,12,15H,3-4,6,8H2,1-2H3. The molecule has 0 bridgehead atoms. The molecule has 106 valence electrons. The molecule has 1 fully saturated rings. The maximum absolute atomic E-state index is 11.8. The lowest BCUT2D eigenvalue weighted by molar-refractivity contribution is 0.328. The lowest BCUT2D eigenvalue weighted by atomic mass is 10.2. The molecule has 1 saturated carbocycles. The minimum atomic E-state index is -3.02. The summed E-state index contributed by atoms with van der Waals surface area (Å²) in [6.07, 6.45) is 5.49. The zero-order chi connectivity index (χ0) is 13.9. The topological polar surface area (TPSA) is 68.3 Å². The summed E-state index contributed by atoms with van der Waals surface area (Å²) in [5.41, 5.74) is 0.768. The van der Waals surface area contributed by atoms with E-state index in [-0.39, 0.29) is 11.3 Å². The fourth-order valence-corrected chi connectivity index (χ4v) is 3.95. The fourth-order valence-electron chi connectivity index (χ4n) is 2.56. The van der Waals surface area contributed by atoms with Gasteiger partial charge in [-0.25, -0.2) is 13.4 Å². The van der Waals surface area contributed by atoms with Crippen molar-refractivity contribution in [3.05, 3.63) is 18.3 Å². The predicted molar refractivity (Wildman–Crippen MR) is 75.3 cm³/mol. The van der Waals surface area contributed by atoms with E-state index in [1.54, 1.807) is 6.20 Å². The summed E-state index contributed by atoms with van der Waals surface area (Å²) < 4.78 is 29.0. The number of sulfone groups is 1. The number of anilines is 1. The highest BCUT2D eigenvalue weighted by Gasteiger charge is 2.35. The van der Waals surface area contributed by atoms with Crippen LogP contribution in [0.25, 0.3) is 0 Å². The summed E-state index contributed by atoms with van der Waals surface area (Å²) >= 11 is 0. The first-order valence-electron chi connectivity index (χ1n) is 6.55. The Morgan fingerprint density at radius 3 is 2.95 bits per heavy atom.